The zero-order valence-corrected chi connectivity index (χ0v) is 13.9. The topological polar surface area (TPSA) is 49.3 Å². The summed E-state index contributed by atoms with van der Waals surface area (Å²) in [7, 11) is 0. The molecule has 4 heterocycles. The minimum atomic E-state index is 0.0758. The van der Waals surface area contributed by atoms with Crippen LogP contribution in [0.2, 0.25) is 0 Å². The van der Waals surface area contributed by atoms with E-state index in [1.54, 1.807) is 0 Å². The fraction of sp³-hybridized carbons (Fsp3) is 0.421. The Morgan fingerprint density at radius 1 is 1.12 bits per heavy atom. The van der Waals surface area contributed by atoms with Gasteiger partial charge in [0.25, 0.3) is 5.91 Å². The van der Waals surface area contributed by atoms with Crippen molar-refractivity contribution < 1.29 is 4.79 Å². The Labute approximate surface area is 142 Å². The van der Waals surface area contributed by atoms with Crippen molar-refractivity contribution in [1.29, 1.82) is 0 Å². The summed E-state index contributed by atoms with van der Waals surface area (Å²) < 4.78 is 0. The van der Waals surface area contributed by atoms with Gasteiger partial charge < -0.3 is 4.90 Å². The van der Waals surface area contributed by atoms with Gasteiger partial charge in [0, 0.05) is 50.8 Å². The maximum Gasteiger partial charge on any atom is 0.272 e. The highest BCUT2D eigenvalue weighted by atomic mass is 16.2. The maximum absolute atomic E-state index is 12.6. The first kappa shape index (κ1) is 15.3. The molecule has 1 amide bonds. The molecule has 2 aromatic heterocycles. The maximum atomic E-state index is 12.6. The van der Waals surface area contributed by atoms with Crippen LogP contribution >= 0.6 is 0 Å². The van der Waals surface area contributed by atoms with Crippen LogP contribution in [0, 0.1) is 18.8 Å². The SMILES string of the molecule is Cc1cccc(C(=O)N2CC3CN(Cc4cccnc4)CC3C2)n1. The summed E-state index contributed by atoms with van der Waals surface area (Å²) in [5.41, 5.74) is 2.72. The van der Waals surface area contributed by atoms with Crippen LogP contribution in [0.15, 0.2) is 42.7 Å². The molecule has 24 heavy (non-hydrogen) atoms. The van der Waals surface area contributed by atoms with E-state index < -0.39 is 0 Å². The molecule has 2 aliphatic rings. The third-order valence-electron chi connectivity index (χ3n) is 5.09. The number of aromatic nitrogens is 2. The van der Waals surface area contributed by atoms with Crippen molar-refractivity contribution in [3.63, 3.8) is 0 Å². The van der Waals surface area contributed by atoms with Gasteiger partial charge in [-0.2, -0.15) is 0 Å². The number of likely N-dealkylation sites (tertiary alicyclic amines) is 2. The molecule has 2 unspecified atom stereocenters. The van der Waals surface area contributed by atoms with Gasteiger partial charge >= 0.3 is 0 Å². The van der Waals surface area contributed by atoms with E-state index in [4.69, 9.17) is 0 Å². The zero-order valence-electron chi connectivity index (χ0n) is 13.9. The largest absolute Gasteiger partial charge is 0.337 e. The highest BCUT2D eigenvalue weighted by molar-refractivity contribution is 5.92. The van der Waals surface area contributed by atoms with Crippen LogP contribution in [0.1, 0.15) is 21.7 Å². The van der Waals surface area contributed by atoms with Crippen LogP contribution in [0.3, 0.4) is 0 Å². The number of carbonyl (C=O) groups excluding carboxylic acids is 1. The Kier molecular flexibility index (Phi) is 4.02. The molecule has 2 saturated heterocycles. The number of pyridine rings is 2. The molecule has 0 saturated carbocycles. The van der Waals surface area contributed by atoms with Crippen LogP contribution in [0.5, 0.6) is 0 Å². The molecule has 2 atom stereocenters. The predicted octanol–water partition coefficient (Wildman–Crippen LogP) is 1.99. The standard InChI is InChI=1S/C19H22N4O/c1-14-4-2-6-18(21-14)19(24)23-12-16-10-22(11-17(16)13-23)9-15-5-3-7-20-8-15/h2-8,16-17H,9-13H2,1H3. The highest BCUT2D eigenvalue weighted by Gasteiger charge is 2.41. The van der Waals surface area contributed by atoms with Crippen LogP contribution in [0.25, 0.3) is 0 Å². The lowest BCUT2D eigenvalue weighted by molar-refractivity contribution is 0.0767. The zero-order chi connectivity index (χ0) is 16.5. The molecule has 4 rings (SSSR count). The second-order valence-electron chi connectivity index (χ2n) is 6.95. The fourth-order valence-corrected chi connectivity index (χ4v) is 3.96. The monoisotopic (exact) mass is 322 g/mol. The number of fused-ring (bicyclic) bond motifs is 1. The first-order valence-electron chi connectivity index (χ1n) is 8.53. The third kappa shape index (κ3) is 3.04. The third-order valence-corrected chi connectivity index (χ3v) is 5.09. The number of carbonyl (C=O) groups is 1. The summed E-state index contributed by atoms with van der Waals surface area (Å²) in [5.74, 6) is 1.23. The summed E-state index contributed by atoms with van der Waals surface area (Å²) in [5, 5.41) is 0. The Morgan fingerprint density at radius 3 is 2.58 bits per heavy atom. The second-order valence-corrected chi connectivity index (χ2v) is 6.95. The molecule has 2 aliphatic heterocycles. The van der Waals surface area contributed by atoms with E-state index in [1.165, 1.54) is 5.56 Å². The Morgan fingerprint density at radius 2 is 1.92 bits per heavy atom. The normalized spacial score (nSPS) is 23.5. The van der Waals surface area contributed by atoms with Crippen molar-refractivity contribution >= 4 is 5.91 Å². The Bertz CT molecular complexity index is 719. The second kappa shape index (κ2) is 6.32. The minimum absolute atomic E-state index is 0.0758. The van der Waals surface area contributed by atoms with Gasteiger partial charge in [-0.1, -0.05) is 12.1 Å². The lowest BCUT2D eigenvalue weighted by Gasteiger charge is -2.21. The molecule has 2 aromatic rings. The molecule has 0 bridgehead atoms. The number of hydrogen-bond acceptors (Lipinski definition) is 4. The van der Waals surface area contributed by atoms with Crippen molar-refractivity contribution in [2.45, 2.75) is 13.5 Å². The van der Waals surface area contributed by atoms with Crippen molar-refractivity contribution in [1.82, 2.24) is 19.8 Å². The predicted molar refractivity (Wildman–Crippen MR) is 91.4 cm³/mol. The van der Waals surface area contributed by atoms with Gasteiger partial charge in [0.15, 0.2) is 0 Å². The molecular weight excluding hydrogens is 300 g/mol. The molecule has 0 radical (unpaired) electrons. The molecule has 5 nitrogen and oxygen atoms in total. The lowest BCUT2D eigenvalue weighted by Crippen LogP contribution is -2.33. The highest BCUT2D eigenvalue weighted by Crippen LogP contribution is 2.32. The number of amides is 1. The molecule has 2 fully saturated rings. The fourth-order valence-electron chi connectivity index (χ4n) is 3.96. The average molecular weight is 322 g/mol. The first-order chi connectivity index (χ1) is 11.7. The molecule has 5 heteroatoms. The van der Waals surface area contributed by atoms with Crippen LogP contribution < -0.4 is 0 Å². The summed E-state index contributed by atoms with van der Waals surface area (Å²) in [6.07, 6.45) is 3.75. The molecule has 0 spiro atoms. The van der Waals surface area contributed by atoms with Gasteiger partial charge in [-0.15, -0.1) is 0 Å². The van der Waals surface area contributed by atoms with Gasteiger partial charge in [-0.05, 0) is 42.5 Å². The summed E-state index contributed by atoms with van der Waals surface area (Å²) >= 11 is 0. The van der Waals surface area contributed by atoms with Crippen LogP contribution in [-0.2, 0) is 6.54 Å². The van der Waals surface area contributed by atoms with E-state index >= 15 is 0 Å². The molecule has 0 aliphatic carbocycles. The molecule has 0 aromatic carbocycles. The van der Waals surface area contributed by atoms with Gasteiger partial charge in [-0.3, -0.25) is 14.7 Å². The van der Waals surface area contributed by atoms with E-state index in [0.717, 1.165) is 38.4 Å². The van der Waals surface area contributed by atoms with Crippen LogP contribution in [-0.4, -0.2) is 51.9 Å². The van der Waals surface area contributed by atoms with E-state index in [1.807, 2.05) is 48.5 Å². The number of aryl methyl sites for hydroxylation is 1. The lowest BCUT2D eigenvalue weighted by atomic mass is 10.0. The number of rotatable bonds is 3. The number of hydrogen-bond donors (Lipinski definition) is 0. The first-order valence-corrected chi connectivity index (χ1v) is 8.53. The Balaban J connectivity index is 1.37. The minimum Gasteiger partial charge on any atom is -0.337 e. The smallest absolute Gasteiger partial charge is 0.272 e. The quantitative estimate of drug-likeness (QED) is 0.867. The summed E-state index contributed by atoms with van der Waals surface area (Å²) in [4.78, 5) is 25.7. The van der Waals surface area contributed by atoms with Gasteiger partial charge in [-0.25, -0.2) is 4.98 Å². The van der Waals surface area contributed by atoms with Crippen molar-refractivity contribution in [3.05, 3.63) is 59.7 Å². The van der Waals surface area contributed by atoms with Crippen molar-refractivity contribution in [2.24, 2.45) is 11.8 Å². The number of nitrogens with zero attached hydrogens (tertiary/aromatic N) is 4. The summed E-state index contributed by atoms with van der Waals surface area (Å²) in [6.45, 7) is 6.69. The average Bonchev–Trinajstić information content (AvgIpc) is 3.13. The summed E-state index contributed by atoms with van der Waals surface area (Å²) in [6, 6.07) is 9.76. The van der Waals surface area contributed by atoms with Crippen LogP contribution in [0.4, 0.5) is 0 Å². The van der Waals surface area contributed by atoms with Gasteiger partial charge in [0.05, 0.1) is 0 Å². The van der Waals surface area contributed by atoms with E-state index in [9.17, 15) is 4.79 Å². The Hall–Kier alpha value is -2.27. The van der Waals surface area contributed by atoms with Gasteiger partial charge in [0.1, 0.15) is 5.69 Å². The van der Waals surface area contributed by atoms with Crippen molar-refractivity contribution in [3.8, 4) is 0 Å². The van der Waals surface area contributed by atoms with Crippen molar-refractivity contribution in [2.75, 3.05) is 26.2 Å². The molecule has 124 valence electrons. The van der Waals surface area contributed by atoms with E-state index in [-0.39, 0.29) is 5.91 Å². The molecule has 0 N–H and O–H groups in total. The van der Waals surface area contributed by atoms with E-state index in [2.05, 4.69) is 20.9 Å². The van der Waals surface area contributed by atoms with Gasteiger partial charge in [0.2, 0.25) is 0 Å². The molecular formula is C19H22N4O. The van der Waals surface area contributed by atoms with E-state index in [0.29, 0.717) is 17.5 Å².